The highest BCUT2D eigenvalue weighted by Crippen LogP contribution is 2.17. The van der Waals surface area contributed by atoms with Crippen molar-refractivity contribution in [3.63, 3.8) is 0 Å². The molecule has 0 aliphatic carbocycles. The van der Waals surface area contributed by atoms with Gasteiger partial charge in [0.15, 0.2) is 0 Å². The molecule has 1 saturated heterocycles. The summed E-state index contributed by atoms with van der Waals surface area (Å²) in [6, 6.07) is 11.3. The van der Waals surface area contributed by atoms with Gasteiger partial charge in [0.2, 0.25) is 5.91 Å². The molecule has 1 amide bonds. The lowest BCUT2D eigenvalue weighted by molar-refractivity contribution is -0.121. The Morgan fingerprint density at radius 2 is 1.82 bits per heavy atom. The molecule has 144 valence electrons. The highest BCUT2D eigenvalue weighted by atomic mass is 16.2. The van der Waals surface area contributed by atoms with E-state index in [0.717, 1.165) is 24.5 Å². The lowest BCUT2D eigenvalue weighted by atomic mass is 10.1. The maximum atomic E-state index is 12.4. The second-order valence-electron chi connectivity index (χ2n) is 7.02. The van der Waals surface area contributed by atoms with Crippen LogP contribution in [0.1, 0.15) is 24.8 Å². The van der Waals surface area contributed by atoms with Crippen molar-refractivity contribution in [2.24, 2.45) is 0 Å². The van der Waals surface area contributed by atoms with E-state index in [1.165, 1.54) is 30.0 Å². The Bertz CT molecular complexity index is 1020. The van der Waals surface area contributed by atoms with Gasteiger partial charge in [0.05, 0.1) is 17.2 Å². The van der Waals surface area contributed by atoms with Gasteiger partial charge in [-0.05, 0) is 43.0 Å². The molecule has 28 heavy (non-hydrogen) atoms. The van der Waals surface area contributed by atoms with Crippen LogP contribution >= 0.6 is 0 Å². The first-order valence-corrected chi connectivity index (χ1v) is 9.62. The van der Waals surface area contributed by atoms with E-state index in [-0.39, 0.29) is 18.0 Å². The normalized spacial score (nSPS) is 14.2. The highest BCUT2D eigenvalue weighted by Gasteiger charge is 2.12. The number of pyridine rings is 1. The average Bonchev–Trinajstić information content (AvgIpc) is 2.75. The summed E-state index contributed by atoms with van der Waals surface area (Å²) in [4.78, 5) is 35.5. The fraction of sp³-hybridized carbons (Fsp3) is 0.333. The molecule has 3 heterocycles. The Balaban J connectivity index is 1.38. The van der Waals surface area contributed by atoms with Crippen LogP contribution in [-0.2, 0) is 17.9 Å². The van der Waals surface area contributed by atoms with Gasteiger partial charge in [-0.1, -0.05) is 18.2 Å². The monoisotopic (exact) mass is 377 g/mol. The van der Waals surface area contributed by atoms with Gasteiger partial charge in [0, 0.05) is 25.8 Å². The van der Waals surface area contributed by atoms with Gasteiger partial charge in [-0.2, -0.15) is 0 Å². The number of nitrogens with one attached hydrogen (secondary N) is 1. The van der Waals surface area contributed by atoms with Crippen LogP contribution in [0.4, 0.5) is 5.82 Å². The molecule has 0 unspecified atom stereocenters. The largest absolute Gasteiger partial charge is 0.357 e. The summed E-state index contributed by atoms with van der Waals surface area (Å²) in [5, 5.41) is 2.87. The molecule has 7 heteroatoms. The standard InChI is InChI=1S/C21H23N5O2/c27-20(15-26-18-7-3-2-6-17(18)22-14-21(26)28)24-13-16-8-9-19(23-12-16)25-10-4-1-5-11-25/h2-3,6-9,12,14H,1,4-5,10-11,13,15H2,(H,24,27). The third-order valence-electron chi connectivity index (χ3n) is 5.03. The number of nitrogens with zero attached hydrogens (tertiary/aromatic N) is 4. The van der Waals surface area contributed by atoms with Crippen LogP contribution in [-0.4, -0.2) is 33.5 Å². The quantitative estimate of drug-likeness (QED) is 0.737. The smallest absolute Gasteiger partial charge is 0.269 e. The summed E-state index contributed by atoms with van der Waals surface area (Å²) in [5.41, 5.74) is 1.98. The molecule has 1 aliphatic rings. The van der Waals surface area contributed by atoms with Crippen LogP contribution in [0.3, 0.4) is 0 Å². The van der Waals surface area contributed by atoms with Crippen molar-refractivity contribution in [3.05, 3.63) is 64.7 Å². The number of carbonyl (C=O) groups is 1. The summed E-state index contributed by atoms with van der Waals surface area (Å²) >= 11 is 0. The summed E-state index contributed by atoms with van der Waals surface area (Å²) in [5.74, 6) is 0.767. The highest BCUT2D eigenvalue weighted by molar-refractivity contribution is 5.79. The predicted molar refractivity (Wildman–Crippen MR) is 108 cm³/mol. The Labute approximate surface area is 163 Å². The van der Waals surface area contributed by atoms with Crippen LogP contribution in [0.25, 0.3) is 11.0 Å². The van der Waals surface area contributed by atoms with Crippen molar-refractivity contribution in [2.45, 2.75) is 32.4 Å². The first kappa shape index (κ1) is 18.2. The molecular formula is C21H23N5O2. The van der Waals surface area contributed by atoms with Gasteiger partial charge < -0.3 is 10.2 Å². The minimum Gasteiger partial charge on any atom is -0.357 e. The summed E-state index contributed by atoms with van der Waals surface area (Å²) in [6.45, 7) is 2.44. The number of piperidine rings is 1. The van der Waals surface area contributed by atoms with E-state index in [1.807, 2.05) is 30.3 Å². The first-order valence-electron chi connectivity index (χ1n) is 9.62. The Hall–Kier alpha value is -3.22. The molecule has 2 aromatic heterocycles. The van der Waals surface area contributed by atoms with E-state index in [1.54, 1.807) is 12.3 Å². The van der Waals surface area contributed by atoms with E-state index >= 15 is 0 Å². The molecule has 0 spiro atoms. The molecule has 0 bridgehead atoms. The zero-order chi connectivity index (χ0) is 19.3. The number of para-hydroxylation sites is 2. The maximum Gasteiger partial charge on any atom is 0.269 e. The molecule has 1 N–H and O–H groups in total. The zero-order valence-electron chi connectivity index (χ0n) is 15.7. The van der Waals surface area contributed by atoms with Crippen molar-refractivity contribution in [3.8, 4) is 0 Å². The van der Waals surface area contributed by atoms with Gasteiger partial charge in [-0.25, -0.2) is 9.97 Å². The average molecular weight is 377 g/mol. The summed E-state index contributed by atoms with van der Waals surface area (Å²) in [7, 11) is 0. The van der Waals surface area contributed by atoms with Crippen LogP contribution in [0.5, 0.6) is 0 Å². The van der Waals surface area contributed by atoms with Gasteiger partial charge in [-0.15, -0.1) is 0 Å². The number of benzene rings is 1. The fourth-order valence-electron chi connectivity index (χ4n) is 3.51. The number of anilines is 1. The zero-order valence-corrected chi connectivity index (χ0v) is 15.7. The number of rotatable bonds is 5. The number of fused-ring (bicyclic) bond motifs is 1. The van der Waals surface area contributed by atoms with Crippen LogP contribution in [0.15, 0.2) is 53.6 Å². The van der Waals surface area contributed by atoms with E-state index in [9.17, 15) is 9.59 Å². The number of amides is 1. The number of carbonyl (C=O) groups excluding carboxylic acids is 1. The van der Waals surface area contributed by atoms with Gasteiger partial charge in [0.25, 0.3) is 5.56 Å². The summed E-state index contributed by atoms with van der Waals surface area (Å²) < 4.78 is 1.44. The molecule has 1 fully saturated rings. The van der Waals surface area contributed by atoms with Gasteiger partial charge in [-0.3, -0.25) is 14.2 Å². The van der Waals surface area contributed by atoms with Crippen molar-refractivity contribution in [1.29, 1.82) is 0 Å². The first-order chi connectivity index (χ1) is 13.7. The van der Waals surface area contributed by atoms with Crippen LogP contribution in [0.2, 0.25) is 0 Å². The SMILES string of the molecule is O=C(Cn1c(=O)cnc2ccccc21)NCc1ccc(N2CCCCC2)nc1. The Morgan fingerprint density at radius 3 is 2.61 bits per heavy atom. The minimum absolute atomic E-state index is 0.0405. The molecule has 3 aromatic rings. The molecule has 7 nitrogen and oxygen atoms in total. The lowest BCUT2D eigenvalue weighted by Crippen LogP contribution is -2.32. The number of hydrogen-bond acceptors (Lipinski definition) is 5. The third-order valence-corrected chi connectivity index (χ3v) is 5.03. The molecule has 0 atom stereocenters. The minimum atomic E-state index is -0.290. The van der Waals surface area contributed by atoms with E-state index in [4.69, 9.17) is 0 Å². The molecule has 0 radical (unpaired) electrons. The third kappa shape index (κ3) is 4.03. The fourth-order valence-corrected chi connectivity index (χ4v) is 3.51. The number of hydrogen-bond donors (Lipinski definition) is 1. The van der Waals surface area contributed by atoms with Gasteiger partial charge in [0.1, 0.15) is 12.4 Å². The molecule has 1 aromatic carbocycles. The van der Waals surface area contributed by atoms with Crippen LogP contribution in [0, 0.1) is 0 Å². The van der Waals surface area contributed by atoms with Crippen molar-refractivity contribution < 1.29 is 4.79 Å². The molecule has 4 rings (SSSR count). The van der Waals surface area contributed by atoms with Crippen molar-refractivity contribution in [2.75, 3.05) is 18.0 Å². The number of aromatic nitrogens is 3. The second kappa shape index (κ2) is 8.21. The Kier molecular flexibility index (Phi) is 5.32. The molecular weight excluding hydrogens is 354 g/mol. The lowest BCUT2D eigenvalue weighted by Gasteiger charge is -2.27. The van der Waals surface area contributed by atoms with E-state index < -0.39 is 0 Å². The topological polar surface area (TPSA) is 80.1 Å². The summed E-state index contributed by atoms with van der Waals surface area (Å²) in [6.07, 6.45) is 6.76. The second-order valence-corrected chi connectivity index (χ2v) is 7.02. The Morgan fingerprint density at radius 1 is 1.00 bits per heavy atom. The molecule has 1 aliphatic heterocycles. The predicted octanol–water partition coefficient (Wildman–Crippen LogP) is 2.10. The maximum absolute atomic E-state index is 12.4. The van der Waals surface area contributed by atoms with E-state index in [0.29, 0.717) is 17.6 Å². The molecule has 0 saturated carbocycles. The van der Waals surface area contributed by atoms with E-state index in [2.05, 4.69) is 20.2 Å². The van der Waals surface area contributed by atoms with Crippen molar-refractivity contribution >= 4 is 22.8 Å². The van der Waals surface area contributed by atoms with Crippen molar-refractivity contribution in [1.82, 2.24) is 19.9 Å². The van der Waals surface area contributed by atoms with Gasteiger partial charge >= 0.3 is 0 Å². The van der Waals surface area contributed by atoms with Crippen LogP contribution < -0.4 is 15.8 Å².